The van der Waals surface area contributed by atoms with Crippen LogP contribution in [0.25, 0.3) is 0 Å². The van der Waals surface area contributed by atoms with Crippen LogP contribution < -0.4 is 5.32 Å². The largest absolute Gasteiger partial charge is 0.341 e. The number of likely N-dealkylation sites (tertiary alicyclic amines) is 1. The molecule has 0 aromatic heterocycles. The molecule has 2 aliphatic rings. The van der Waals surface area contributed by atoms with E-state index in [0.717, 1.165) is 51.4 Å². The second kappa shape index (κ2) is 6.90. The molecule has 1 N–H and O–H groups in total. The van der Waals surface area contributed by atoms with Crippen LogP contribution in [0, 0.1) is 11.8 Å². The van der Waals surface area contributed by atoms with Crippen LogP contribution in [0.2, 0.25) is 0 Å². The fraction of sp³-hybridized carbons (Fsp3) is 0.938. The van der Waals surface area contributed by atoms with Crippen LogP contribution in [-0.4, -0.2) is 61.0 Å². The summed E-state index contributed by atoms with van der Waals surface area (Å²) in [4.78, 5) is 17.0. The molecule has 2 saturated heterocycles. The summed E-state index contributed by atoms with van der Waals surface area (Å²) in [5, 5.41) is 3.36. The van der Waals surface area contributed by atoms with Crippen molar-refractivity contribution in [1.82, 2.24) is 15.1 Å². The first-order valence-corrected chi connectivity index (χ1v) is 8.21. The van der Waals surface area contributed by atoms with Gasteiger partial charge in [0, 0.05) is 25.7 Å². The molecule has 2 heterocycles. The third kappa shape index (κ3) is 3.73. The van der Waals surface area contributed by atoms with Crippen LogP contribution in [0.4, 0.5) is 0 Å². The molecule has 2 unspecified atom stereocenters. The number of carbonyl (C=O) groups excluding carboxylic acids is 1. The first kappa shape index (κ1) is 15.8. The third-order valence-corrected chi connectivity index (χ3v) is 5.15. The molecule has 0 bridgehead atoms. The molecule has 0 saturated carbocycles. The topological polar surface area (TPSA) is 35.6 Å². The van der Waals surface area contributed by atoms with Crippen molar-refractivity contribution in [3.8, 4) is 0 Å². The van der Waals surface area contributed by atoms with E-state index in [4.69, 9.17) is 0 Å². The van der Waals surface area contributed by atoms with E-state index in [1.165, 1.54) is 0 Å². The van der Waals surface area contributed by atoms with Gasteiger partial charge < -0.3 is 15.1 Å². The summed E-state index contributed by atoms with van der Waals surface area (Å²) in [6.45, 7) is 10.7. The van der Waals surface area contributed by atoms with Crippen molar-refractivity contribution in [1.29, 1.82) is 0 Å². The molecule has 116 valence electrons. The Balaban J connectivity index is 1.77. The van der Waals surface area contributed by atoms with E-state index in [0.29, 0.717) is 17.9 Å². The number of hydrogen-bond donors (Lipinski definition) is 1. The van der Waals surface area contributed by atoms with Crippen LogP contribution in [0.5, 0.6) is 0 Å². The molecule has 2 atom stereocenters. The lowest BCUT2D eigenvalue weighted by atomic mass is 9.94. The van der Waals surface area contributed by atoms with E-state index in [9.17, 15) is 4.79 Å². The average Bonchev–Trinajstić information content (AvgIpc) is 2.85. The Labute approximate surface area is 123 Å². The highest BCUT2D eigenvalue weighted by atomic mass is 16.2. The first-order chi connectivity index (χ1) is 9.49. The lowest BCUT2D eigenvalue weighted by Crippen LogP contribution is -2.49. The van der Waals surface area contributed by atoms with Gasteiger partial charge in [-0.25, -0.2) is 0 Å². The van der Waals surface area contributed by atoms with Crippen molar-refractivity contribution < 1.29 is 4.79 Å². The van der Waals surface area contributed by atoms with E-state index < -0.39 is 0 Å². The number of rotatable bonds is 4. The SMILES string of the molecule is CC1CCNC1C(=O)N1CCC(CN(C)C(C)C)CC1. The molecule has 0 spiro atoms. The van der Waals surface area contributed by atoms with Crippen LogP contribution >= 0.6 is 0 Å². The van der Waals surface area contributed by atoms with Crippen LogP contribution in [0.3, 0.4) is 0 Å². The Morgan fingerprint density at radius 1 is 1.30 bits per heavy atom. The minimum Gasteiger partial charge on any atom is -0.341 e. The van der Waals surface area contributed by atoms with Crippen molar-refractivity contribution >= 4 is 5.91 Å². The smallest absolute Gasteiger partial charge is 0.239 e. The molecule has 2 fully saturated rings. The lowest BCUT2D eigenvalue weighted by molar-refractivity contribution is -0.135. The summed E-state index contributed by atoms with van der Waals surface area (Å²) < 4.78 is 0. The Kier molecular flexibility index (Phi) is 5.44. The van der Waals surface area contributed by atoms with Crippen molar-refractivity contribution in [3.63, 3.8) is 0 Å². The van der Waals surface area contributed by atoms with Crippen molar-refractivity contribution in [2.75, 3.05) is 33.2 Å². The molecule has 0 radical (unpaired) electrons. The number of nitrogens with one attached hydrogen (secondary N) is 1. The second-order valence-electron chi connectivity index (χ2n) is 7.00. The van der Waals surface area contributed by atoms with Crippen LogP contribution in [0.15, 0.2) is 0 Å². The fourth-order valence-electron chi connectivity index (χ4n) is 3.32. The maximum absolute atomic E-state index is 12.5. The molecule has 2 rings (SSSR count). The monoisotopic (exact) mass is 281 g/mol. The van der Waals surface area contributed by atoms with E-state index >= 15 is 0 Å². The summed E-state index contributed by atoms with van der Waals surface area (Å²) in [6, 6.07) is 0.683. The predicted molar refractivity (Wildman–Crippen MR) is 82.6 cm³/mol. The molecule has 4 heteroatoms. The van der Waals surface area contributed by atoms with Gasteiger partial charge in [-0.2, -0.15) is 0 Å². The number of nitrogens with zero attached hydrogens (tertiary/aromatic N) is 2. The Morgan fingerprint density at radius 2 is 1.95 bits per heavy atom. The van der Waals surface area contributed by atoms with Gasteiger partial charge in [0.15, 0.2) is 0 Å². The summed E-state index contributed by atoms with van der Waals surface area (Å²) >= 11 is 0. The Hall–Kier alpha value is -0.610. The normalized spacial score (nSPS) is 28.6. The van der Waals surface area contributed by atoms with Gasteiger partial charge in [-0.15, -0.1) is 0 Å². The van der Waals surface area contributed by atoms with Gasteiger partial charge in [0.1, 0.15) is 0 Å². The van der Waals surface area contributed by atoms with E-state index in [1.54, 1.807) is 0 Å². The van der Waals surface area contributed by atoms with Crippen molar-refractivity contribution in [2.45, 2.75) is 52.1 Å². The highest BCUT2D eigenvalue weighted by Gasteiger charge is 2.34. The van der Waals surface area contributed by atoms with Crippen LogP contribution in [0.1, 0.15) is 40.0 Å². The summed E-state index contributed by atoms with van der Waals surface area (Å²) in [7, 11) is 2.20. The van der Waals surface area contributed by atoms with Gasteiger partial charge in [0.2, 0.25) is 5.91 Å². The van der Waals surface area contributed by atoms with Gasteiger partial charge >= 0.3 is 0 Å². The molecule has 0 aromatic carbocycles. The maximum atomic E-state index is 12.5. The molecule has 0 aliphatic carbocycles. The Morgan fingerprint density at radius 3 is 2.45 bits per heavy atom. The lowest BCUT2D eigenvalue weighted by Gasteiger charge is -2.36. The molecule has 4 nitrogen and oxygen atoms in total. The van der Waals surface area contributed by atoms with E-state index in [-0.39, 0.29) is 6.04 Å². The zero-order valence-corrected chi connectivity index (χ0v) is 13.6. The second-order valence-corrected chi connectivity index (χ2v) is 7.00. The minimum atomic E-state index is 0.0740. The first-order valence-electron chi connectivity index (χ1n) is 8.21. The van der Waals surface area contributed by atoms with E-state index in [2.05, 4.69) is 42.9 Å². The zero-order valence-electron chi connectivity index (χ0n) is 13.6. The molecule has 0 aromatic rings. The molecule has 20 heavy (non-hydrogen) atoms. The highest BCUT2D eigenvalue weighted by Crippen LogP contribution is 2.22. The van der Waals surface area contributed by atoms with Crippen molar-refractivity contribution in [2.24, 2.45) is 11.8 Å². The third-order valence-electron chi connectivity index (χ3n) is 5.15. The number of amides is 1. The summed E-state index contributed by atoms with van der Waals surface area (Å²) in [6.07, 6.45) is 3.44. The number of piperidine rings is 1. The molecular weight excluding hydrogens is 250 g/mol. The van der Waals surface area contributed by atoms with Gasteiger partial charge in [-0.1, -0.05) is 6.92 Å². The fourth-order valence-corrected chi connectivity index (χ4v) is 3.32. The van der Waals surface area contributed by atoms with Gasteiger partial charge in [0.05, 0.1) is 6.04 Å². The van der Waals surface area contributed by atoms with Gasteiger partial charge in [0.25, 0.3) is 0 Å². The van der Waals surface area contributed by atoms with E-state index in [1.807, 2.05) is 0 Å². The zero-order chi connectivity index (χ0) is 14.7. The standard InChI is InChI=1S/C16H31N3O/c1-12(2)18(4)11-14-6-9-19(10-7-14)16(20)15-13(3)5-8-17-15/h12-15,17H,5-11H2,1-4H3. The van der Waals surface area contributed by atoms with Gasteiger partial charge in [-0.05, 0) is 58.5 Å². The Bertz CT molecular complexity index is 324. The minimum absolute atomic E-state index is 0.0740. The number of hydrogen-bond acceptors (Lipinski definition) is 3. The molecular formula is C16H31N3O. The van der Waals surface area contributed by atoms with Crippen molar-refractivity contribution in [3.05, 3.63) is 0 Å². The molecule has 2 aliphatic heterocycles. The maximum Gasteiger partial charge on any atom is 0.239 e. The quantitative estimate of drug-likeness (QED) is 0.849. The number of carbonyl (C=O) groups is 1. The summed E-state index contributed by atoms with van der Waals surface area (Å²) in [5.41, 5.74) is 0. The van der Waals surface area contributed by atoms with Gasteiger partial charge in [-0.3, -0.25) is 4.79 Å². The van der Waals surface area contributed by atoms with Crippen LogP contribution in [-0.2, 0) is 4.79 Å². The average molecular weight is 281 g/mol. The predicted octanol–water partition coefficient (Wildman–Crippen LogP) is 1.56. The highest BCUT2D eigenvalue weighted by molar-refractivity contribution is 5.82. The molecule has 1 amide bonds. The summed E-state index contributed by atoms with van der Waals surface area (Å²) in [5.74, 6) is 1.58.